The molecule has 0 aromatic carbocycles. The van der Waals surface area contributed by atoms with Crippen LogP contribution in [0.2, 0.25) is 0 Å². The number of rotatable bonds is 4. The predicted octanol–water partition coefficient (Wildman–Crippen LogP) is 2.91. The van der Waals surface area contributed by atoms with Crippen LogP contribution in [0.1, 0.15) is 34.9 Å². The molecule has 0 radical (unpaired) electrons. The summed E-state index contributed by atoms with van der Waals surface area (Å²) in [5.41, 5.74) is 0. The summed E-state index contributed by atoms with van der Waals surface area (Å²) >= 11 is 1.98. The van der Waals surface area contributed by atoms with Gasteiger partial charge in [-0.05, 0) is 56.7 Å². The Labute approximate surface area is 89.5 Å². The van der Waals surface area contributed by atoms with Gasteiger partial charge in [0, 0.05) is 15.8 Å². The third-order valence-corrected chi connectivity index (χ3v) is 4.43. The Hall–Kier alpha value is -0.340. The molecule has 2 heteroatoms. The van der Waals surface area contributed by atoms with Crippen LogP contribution in [0.25, 0.3) is 0 Å². The molecule has 2 atom stereocenters. The van der Waals surface area contributed by atoms with Gasteiger partial charge in [0.05, 0.1) is 0 Å². The highest BCUT2D eigenvalue weighted by molar-refractivity contribution is 7.12. The standard InChI is InChI=1S/C12H17NS/c1-8-2-5-12(14-8)11-6-9(11)7-13-10-3-4-10/h2,5,9-11,13H,3-4,6-7H2,1H3. The molecule has 76 valence electrons. The van der Waals surface area contributed by atoms with Gasteiger partial charge in [0.2, 0.25) is 0 Å². The molecule has 2 fully saturated rings. The molecule has 0 bridgehead atoms. The number of aryl methyl sites for hydroxylation is 1. The van der Waals surface area contributed by atoms with Gasteiger partial charge >= 0.3 is 0 Å². The van der Waals surface area contributed by atoms with Gasteiger partial charge in [-0.3, -0.25) is 0 Å². The van der Waals surface area contributed by atoms with E-state index in [1.807, 2.05) is 11.3 Å². The summed E-state index contributed by atoms with van der Waals surface area (Å²) in [5.74, 6) is 1.83. The van der Waals surface area contributed by atoms with Crippen LogP contribution in [0, 0.1) is 12.8 Å². The van der Waals surface area contributed by atoms with Crippen LogP contribution in [0.3, 0.4) is 0 Å². The first-order valence-electron chi connectivity index (χ1n) is 5.62. The number of thiophene rings is 1. The van der Waals surface area contributed by atoms with Crippen molar-refractivity contribution in [2.24, 2.45) is 5.92 Å². The average molecular weight is 207 g/mol. The zero-order valence-electron chi connectivity index (χ0n) is 8.62. The van der Waals surface area contributed by atoms with Crippen LogP contribution >= 0.6 is 11.3 Å². The van der Waals surface area contributed by atoms with Crippen molar-refractivity contribution in [1.29, 1.82) is 0 Å². The predicted molar refractivity (Wildman–Crippen MR) is 60.9 cm³/mol. The minimum absolute atomic E-state index is 0.876. The van der Waals surface area contributed by atoms with Crippen molar-refractivity contribution in [1.82, 2.24) is 5.32 Å². The van der Waals surface area contributed by atoms with Crippen LogP contribution in [0.5, 0.6) is 0 Å². The summed E-state index contributed by atoms with van der Waals surface area (Å²) in [7, 11) is 0. The van der Waals surface area contributed by atoms with E-state index in [1.165, 1.54) is 30.7 Å². The molecule has 1 nitrogen and oxygen atoms in total. The lowest BCUT2D eigenvalue weighted by atomic mass is 10.2. The SMILES string of the molecule is Cc1ccc(C2CC2CNC2CC2)s1. The van der Waals surface area contributed by atoms with Gasteiger partial charge in [0.25, 0.3) is 0 Å². The molecule has 1 heterocycles. The van der Waals surface area contributed by atoms with E-state index in [-0.39, 0.29) is 0 Å². The summed E-state index contributed by atoms with van der Waals surface area (Å²) in [5, 5.41) is 3.63. The maximum Gasteiger partial charge on any atom is 0.00823 e. The Balaban J connectivity index is 1.51. The highest BCUT2D eigenvalue weighted by Crippen LogP contribution is 2.49. The topological polar surface area (TPSA) is 12.0 Å². The van der Waals surface area contributed by atoms with Crippen molar-refractivity contribution in [3.63, 3.8) is 0 Å². The fraction of sp³-hybridized carbons (Fsp3) is 0.667. The molecule has 0 spiro atoms. The lowest BCUT2D eigenvalue weighted by Gasteiger charge is -2.00. The minimum Gasteiger partial charge on any atom is -0.314 e. The lowest BCUT2D eigenvalue weighted by Crippen LogP contribution is -2.19. The molecule has 1 aromatic heterocycles. The molecular formula is C12H17NS. The summed E-state index contributed by atoms with van der Waals surface area (Å²) in [4.78, 5) is 3.07. The first-order chi connectivity index (χ1) is 6.83. The van der Waals surface area contributed by atoms with Crippen molar-refractivity contribution in [2.75, 3.05) is 6.54 Å². The molecule has 2 unspecified atom stereocenters. The van der Waals surface area contributed by atoms with Gasteiger partial charge < -0.3 is 5.32 Å². The number of nitrogens with one attached hydrogen (secondary N) is 1. The van der Waals surface area contributed by atoms with Crippen molar-refractivity contribution in [3.05, 3.63) is 21.9 Å². The third kappa shape index (κ3) is 1.86. The zero-order chi connectivity index (χ0) is 9.54. The Morgan fingerprint density at radius 3 is 2.93 bits per heavy atom. The Kier molecular flexibility index (Phi) is 2.14. The van der Waals surface area contributed by atoms with E-state index in [1.54, 1.807) is 4.88 Å². The highest BCUT2D eigenvalue weighted by atomic mass is 32.1. The van der Waals surface area contributed by atoms with E-state index in [2.05, 4.69) is 24.4 Å². The maximum atomic E-state index is 3.63. The van der Waals surface area contributed by atoms with Crippen LogP contribution in [0.4, 0.5) is 0 Å². The Morgan fingerprint density at radius 2 is 2.29 bits per heavy atom. The molecule has 14 heavy (non-hydrogen) atoms. The maximum absolute atomic E-state index is 3.63. The molecule has 2 saturated carbocycles. The lowest BCUT2D eigenvalue weighted by molar-refractivity contribution is 0.625. The second-order valence-electron chi connectivity index (χ2n) is 4.73. The van der Waals surface area contributed by atoms with Crippen LogP contribution in [0.15, 0.2) is 12.1 Å². The second-order valence-corrected chi connectivity index (χ2v) is 6.05. The monoisotopic (exact) mass is 207 g/mol. The van der Waals surface area contributed by atoms with E-state index >= 15 is 0 Å². The quantitative estimate of drug-likeness (QED) is 0.800. The fourth-order valence-electron chi connectivity index (χ4n) is 2.08. The first kappa shape index (κ1) is 8.93. The second kappa shape index (κ2) is 3.35. The third-order valence-electron chi connectivity index (χ3n) is 3.30. The van der Waals surface area contributed by atoms with Crippen LogP contribution in [-0.2, 0) is 0 Å². The van der Waals surface area contributed by atoms with Crippen molar-refractivity contribution in [2.45, 2.75) is 38.1 Å². The summed E-state index contributed by atoms with van der Waals surface area (Å²) in [6, 6.07) is 5.45. The smallest absolute Gasteiger partial charge is 0.00823 e. The molecule has 2 aliphatic carbocycles. The Bertz CT molecular complexity index is 327. The van der Waals surface area contributed by atoms with Crippen molar-refractivity contribution >= 4 is 11.3 Å². The zero-order valence-corrected chi connectivity index (χ0v) is 9.44. The van der Waals surface area contributed by atoms with Gasteiger partial charge in [-0.2, -0.15) is 0 Å². The molecule has 0 saturated heterocycles. The highest BCUT2D eigenvalue weighted by Gasteiger charge is 2.39. The molecule has 3 rings (SSSR count). The van der Waals surface area contributed by atoms with E-state index < -0.39 is 0 Å². The van der Waals surface area contributed by atoms with Gasteiger partial charge in [0.15, 0.2) is 0 Å². The Morgan fingerprint density at radius 1 is 1.43 bits per heavy atom. The van der Waals surface area contributed by atoms with Crippen LogP contribution in [-0.4, -0.2) is 12.6 Å². The van der Waals surface area contributed by atoms with E-state index in [0.29, 0.717) is 0 Å². The van der Waals surface area contributed by atoms with E-state index in [0.717, 1.165) is 17.9 Å². The number of hydrogen-bond acceptors (Lipinski definition) is 2. The molecule has 1 aromatic rings. The first-order valence-corrected chi connectivity index (χ1v) is 6.44. The fourth-order valence-corrected chi connectivity index (χ4v) is 3.16. The normalized spacial score (nSPS) is 30.6. The van der Waals surface area contributed by atoms with E-state index in [9.17, 15) is 0 Å². The summed E-state index contributed by atoms with van der Waals surface area (Å²) in [6.45, 7) is 3.46. The van der Waals surface area contributed by atoms with Crippen molar-refractivity contribution in [3.8, 4) is 0 Å². The molecule has 0 amide bonds. The van der Waals surface area contributed by atoms with Gasteiger partial charge in [-0.1, -0.05) is 0 Å². The largest absolute Gasteiger partial charge is 0.314 e. The van der Waals surface area contributed by atoms with E-state index in [4.69, 9.17) is 0 Å². The van der Waals surface area contributed by atoms with Crippen molar-refractivity contribution < 1.29 is 0 Å². The minimum atomic E-state index is 0.876. The molecule has 1 N–H and O–H groups in total. The van der Waals surface area contributed by atoms with Crippen LogP contribution < -0.4 is 5.32 Å². The molecule has 2 aliphatic rings. The number of hydrogen-bond donors (Lipinski definition) is 1. The van der Waals surface area contributed by atoms with Gasteiger partial charge in [0.1, 0.15) is 0 Å². The average Bonchev–Trinajstić information content (AvgIpc) is 3.06. The van der Waals surface area contributed by atoms with Gasteiger partial charge in [-0.25, -0.2) is 0 Å². The molecular weight excluding hydrogens is 190 g/mol. The molecule has 0 aliphatic heterocycles. The summed E-state index contributed by atoms with van der Waals surface area (Å²) in [6.07, 6.45) is 4.24. The summed E-state index contributed by atoms with van der Waals surface area (Å²) < 4.78 is 0. The van der Waals surface area contributed by atoms with Gasteiger partial charge in [-0.15, -0.1) is 11.3 Å².